The van der Waals surface area contributed by atoms with E-state index < -0.39 is 11.4 Å². The normalized spacial score (nSPS) is 16.7. The molecule has 1 aliphatic heterocycles. The van der Waals surface area contributed by atoms with Crippen molar-refractivity contribution in [1.82, 2.24) is 5.32 Å². The van der Waals surface area contributed by atoms with Crippen molar-refractivity contribution in [1.29, 1.82) is 0 Å². The molecular weight excluding hydrogens is 322 g/mol. The van der Waals surface area contributed by atoms with Crippen molar-refractivity contribution in [2.24, 2.45) is 0 Å². The molecule has 23 heavy (non-hydrogen) atoms. The van der Waals surface area contributed by atoms with Gasteiger partial charge in [0, 0.05) is 24.8 Å². The van der Waals surface area contributed by atoms with E-state index in [0.717, 1.165) is 5.56 Å². The molecule has 1 saturated heterocycles. The highest BCUT2D eigenvalue weighted by atomic mass is 35.5. The molecule has 0 saturated carbocycles. The maximum absolute atomic E-state index is 12.7. The molecule has 7 heteroatoms. The predicted octanol–water partition coefficient (Wildman–Crippen LogP) is 1.61. The third-order valence-corrected chi connectivity index (χ3v) is 4.15. The molecule has 126 valence electrons. The zero-order valence-electron chi connectivity index (χ0n) is 12.7. The molecule has 1 amide bonds. The molecule has 1 heterocycles. The topological polar surface area (TPSA) is 84.9 Å². The van der Waals surface area contributed by atoms with Gasteiger partial charge in [0.25, 0.3) is 0 Å². The Balaban J connectivity index is 2.03. The Morgan fingerprint density at radius 2 is 2.09 bits per heavy atom. The van der Waals surface area contributed by atoms with Crippen LogP contribution in [0.3, 0.4) is 0 Å². The van der Waals surface area contributed by atoms with Crippen molar-refractivity contribution in [2.75, 3.05) is 33.0 Å². The van der Waals surface area contributed by atoms with Crippen LogP contribution in [0.1, 0.15) is 18.4 Å². The summed E-state index contributed by atoms with van der Waals surface area (Å²) in [6.45, 7) is 1.06. The van der Waals surface area contributed by atoms with Gasteiger partial charge in [-0.25, -0.2) is 4.79 Å². The SMILES string of the molecule is O=C(O)COCCNC(=O)C1(c2cccc(Cl)c2)CCOCC1. The Hall–Kier alpha value is -1.63. The van der Waals surface area contributed by atoms with Crippen molar-refractivity contribution < 1.29 is 24.2 Å². The molecule has 1 aromatic rings. The minimum Gasteiger partial charge on any atom is -0.480 e. The molecule has 1 fully saturated rings. The first kappa shape index (κ1) is 17.7. The van der Waals surface area contributed by atoms with Gasteiger partial charge in [-0.3, -0.25) is 4.79 Å². The Morgan fingerprint density at radius 3 is 2.74 bits per heavy atom. The Labute approximate surface area is 139 Å². The second-order valence-corrected chi connectivity index (χ2v) is 5.84. The van der Waals surface area contributed by atoms with Crippen molar-refractivity contribution >= 4 is 23.5 Å². The smallest absolute Gasteiger partial charge is 0.329 e. The average molecular weight is 342 g/mol. The average Bonchev–Trinajstić information content (AvgIpc) is 2.54. The molecule has 0 atom stereocenters. The monoisotopic (exact) mass is 341 g/mol. The Bertz CT molecular complexity index is 557. The number of amides is 1. The molecule has 1 aromatic carbocycles. The number of rotatable bonds is 7. The lowest BCUT2D eigenvalue weighted by molar-refractivity contribution is -0.142. The van der Waals surface area contributed by atoms with Gasteiger partial charge >= 0.3 is 5.97 Å². The highest BCUT2D eigenvalue weighted by molar-refractivity contribution is 6.30. The van der Waals surface area contributed by atoms with Gasteiger partial charge in [-0.2, -0.15) is 0 Å². The summed E-state index contributed by atoms with van der Waals surface area (Å²) in [5.74, 6) is -1.14. The van der Waals surface area contributed by atoms with E-state index in [1.165, 1.54) is 0 Å². The third kappa shape index (κ3) is 4.67. The number of aliphatic carboxylic acids is 1. The highest BCUT2D eigenvalue weighted by Crippen LogP contribution is 2.36. The Kier molecular flexibility index (Phi) is 6.38. The molecule has 0 aliphatic carbocycles. The van der Waals surface area contributed by atoms with E-state index >= 15 is 0 Å². The van der Waals surface area contributed by atoms with Crippen molar-refractivity contribution in [3.05, 3.63) is 34.9 Å². The molecule has 1 aliphatic rings. The summed E-state index contributed by atoms with van der Waals surface area (Å²) < 4.78 is 10.3. The van der Waals surface area contributed by atoms with Crippen LogP contribution < -0.4 is 5.32 Å². The minimum absolute atomic E-state index is 0.109. The van der Waals surface area contributed by atoms with Gasteiger partial charge in [-0.1, -0.05) is 23.7 Å². The van der Waals surface area contributed by atoms with E-state index in [0.29, 0.717) is 31.1 Å². The Morgan fingerprint density at radius 1 is 1.35 bits per heavy atom. The van der Waals surface area contributed by atoms with E-state index in [1.807, 2.05) is 18.2 Å². The summed E-state index contributed by atoms with van der Waals surface area (Å²) in [6, 6.07) is 7.32. The zero-order valence-corrected chi connectivity index (χ0v) is 13.5. The number of carboxylic acid groups (broad SMARTS) is 1. The van der Waals surface area contributed by atoms with Crippen molar-refractivity contribution in [2.45, 2.75) is 18.3 Å². The van der Waals surface area contributed by atoms with E-state index in [4.69, 9.17) is 26.2 Å². The van der Waals surface area contributed by atoms with Crippen LogP contribution in [0.2, 0.25) is 5.02 Å². The van der Waals surface area contributed by atoms with Crippen LogP contribution in [0.5, 0.6) is 0 Å². The second kappa shape index (κ2) is 8.29. The molecule has 0 aromatic heterocycles. The number of carbonyl (C=O) groups excluding carboxylic acids is 1. The summed E-state index contributed by atoms with van der Waals surface area (Å²) in [5.41, 5.74) is 0.202. The number of carbonyl (C=O) groups is 2. The van der Waals surface area contributed by atoms with Gasteiger partial charge in [0.05, 0.1) is 12.0 Å². The van der Waals surface area contributed by atoms with Crippen LogP contribution in [0, 0.1) is 0 Å². The van der Waals surface area contributed by atoms with Gasteiger partial charge in [0.2, 0.25) is 5.91 Å². The lowest BCUT2D eigenvalue weighted by atomic mass is 9.73. The van der Waals surface area contributed by atoms with Crippen LogP contribution in [0.25, 0.3) is 0 Å². The first-order valence-corrected chi connectivity index (χ1v) is 7.84. The summed E-state index contributed by atoms with van der Waals surface area (Å²) in [6.07, 6.45) is 1.16. The van der Waals surface area contributed by atoms with Gasteiger partial charge in [-0.15, -0.1) is 0 Å². The van der Waals surface area contributed by atoms with E-state index in [-0.39, 0.29) is 25.7 Å². The van der Waals surface area contributed by atoms with Crippen molar-refractivity contribution in [3.63, 3.8) is 0 Å². The maximum Gasteiger partial charge on any atom is 0.329 e. The summed E-state index contributed by atoms with van der Waals surface area (Å²) in [4.78, 5) is 23.1. The number of halogens is 1. The molecule has 2 N–H and O–H groups in total. The number of nitrogens with one attached hydrogen (secondary N) is 1. The zero-order chi connectivity index (χ0) is 16.7. The van der Waals surface area contributed by atoms with Gasteiger partial charge in [0.1, 0.15) is 6.61 Å². The van der Waals surface area contributed by atoms with Crippen LogP contribution in [0.15, 0.2) is 24.3 Å². The van der Waals surface area contributed by atoms with Crippen molar-refractivity contribution in [3.8, 4) is 0 Å². The van der Waals surface area contributed by atoms with Crippen LogP contribution >= 0.6 is 11.6 Å². The number of carboxylic acids is 1. The minimum atomic E-state index is -1.03. The quantitative estimate of drug-likeness (QED) is 0.736. The number of hydrogen-bond donors (Lipinski definition) is 2. The van der Waals surface area contributed by atoms with Crippen LogP contribution in [-0.4, -0.2) is 50.0 Å². The molecular formula is C16H20ClNO5. The first-order valence-electron chi connectivity index (χ1n) is 7.46. The standard InChI is InChI=1S/C16H20ClNO5/c17-13-3-1-2-12(10-13)16(4-7-22-8-5-16)15(21)18-6-9-23-11-14(19)20/h1-3,10H,4-9,11H2,(H,18,21)(H,19,20). The molecule has 0 unspecified atom stereocenters. The fraction of sp³-hybridized carbons (Fsp3) is 0.500. The molecule has 2 rings (SSSR count). The second-order valence-electron chi connectivity index (χ2n) is 5.41. The molecule has 0 radical (unpaired) electrons. The fourth-order valence-electron chi connectivity index (χ4n) is 2.72. The fourth-order valence-corrected chi connectivity index (χ4v) is 2.91. The first-order chi connectivity index (χ1) is 11.0. The number of hydrogen-bond acceptors (Lipinski definition) is 4. The van der Waals surface area contributed by atoms with Gasteiger partial charge in [0.15, 0.2) is 0 Å². The van der Waals surface area contributed by atoms with Gasteiger partial charge < -0.3 is 19.9 Å². The third-order valence-electron chi connectivity index (χ3n) is 3.92. The largest absolute Gasteiger partial charge is 0.480 e. The summed E-state index contributed by atoms with van der Waals surface area (Å²) >= 11 is 6.07. The summed E-state index contributed by atoms with van der Waals surface area (Å²) in [7, 11) is 0. The molecule has 6 nitrogen and oxygen atoms in total. The number of benzene rings is 1. The van der Waals surface area contributed by atoms with E-state index in [9.17, 15) is 9.59 Å². The highest BCUT2D eigenvalue weighted by Gasteiger charge is 2.41. The molecule has 0 bridgehead atoms. The van der Waals surface area contributed by atoms with Crippen LogP contribution in [0.4, 0.5) is 0 Å². The lowest BCUT2D eigenvalue weighted by Crippen LogP contribution is -2.48. The maximum atomic E-state index is 12.7. The van der Waals surface area contributed by atoms with E-state index in [1.54, 1.807) is 6.07 Å². The lowest BCUT2D eigenvalue weighted by Gasteiger charge is -2.36. The van der Waals surface area contributed by atoms with Gasteiger partial charge in [-0.05, 0) is 30.5 Å². The van der Waals surface area contributed by atoms with E-state index in [2.05, 4.69) is 5.32 Å². The van der Waals surface area contributed by atoms with Crippen LogP contribution in [-0.2, 0) is 24.5 Å². The molecule has 0 spiro atoms. The number of ether oxygens (including phenoxy) is 2. The predicted molar refractivity (Wildman–Crippen MR) is 84.6 cm³/mol. The summed E-state index contributed by atoms with van der Waals surface area (Å²) in [5, 5.41) is 11.9.